The predicted octanol–water partition coefficient (Wildman–Crippen LogP) is 2.29. The fourth-order valence-corrected chi connectivity index (χ4v) is 6.45. The first-order valence-electron chi connectivity index (χ1n) is 14.0. The summed E-state index contributed by atoms with van der Waals surface area (Å²) in [4.78, 5) is 35.2. The highest BCUT2D eigenvalue weighted by Crippen LogP contribution is 2.29. The summed E-state index contributed by atoms with van der Waals surface area (Å²) in [5.41, 5.74) is 0.739. The Morgan fingerprint density at radius 1 is 0.771 bits per heavy atom. The minimum atomic E-state index is 0.0341. The number of rotatable bonds is 7. The number of nitrogens with one attached hydrogen (secondary N) is 1. The minimum absolute atomic E-state index is 0.0341. The average Bonchev–Trinajstić information content (AvgIpc) is 2.88. The molecule has 2 unspecified atom stereocenters. The first-order chi connectivity index (χ1) is 17.2. The SMILES string of the molecule is O=C(NCC1CCCCC1N1CCN(CC(=O)N2CCN(C3CCC3)CC2)CC1)c1ccccc1. The number of piperazine rings is 2. The van der Waals surface area contributed by atoms with Crippen LogP contribution >= 0.6 is 0 Å². The van der Waals surface area contributed by atoms with Gasteiger partial charge in [0.05, 0.1) is 6.54 Å². The summed E-state index contributed by atoms with van der Waals surface area (Å²) in [5, 5.41) is 3.20. The summed E-state index contributed by atoms with van der Waals surface area (Å²) >= 11 is 0. The van der Waals surface area contributed by atoms with Crippen molar-refractivity contribution in [3.8, 4) is 0 Å². The Morgan fingerprint density at radius 3 is 2.14 bits per heavy atom. The molecule has 35 heavy (non-hydrogen) atoms. The van der Waals surface area contributed by atoms with Gasteiger partial charge in [-0.3, -0.25) is 24.3 Å². The quantitative estimate of drug-likeness (QED) is 0.648. The van der Waals surface area contributed by atoms with Crippen LogP contribution in [0.3, 0.4) is 0 Å². The van der Waals surface area contributed by atoms with Crippen LogP contribution in [0.1, 0.15) is 55.3 Å². The molecule has 5 rings (SSSR count). The maximum Gasteiger partial charge on any atom is 0.251 e. The Morgan fingerprint density at radius 2 is 1.46 bits per heavy atom. The molecule has 2 saturated heterocycles. The Balaban J connectivity index is 1.05. The Bertz CT molecular complexity index is 829. The first kappa shape index (κ1) is 24.7. The van der Waals surface area contributed by atoms with E-state index in [0.717, 1.165) is 70.5 Å². The lowest BCUT2D eigenvalue weighted by Crippen LogP contribution is -2.57. The standard InChI is InChI=1S/C28H43N5O2/c34-27(33-19-17-31(18-20-33)25-10-6-11-25)22-30-13-15-32(16-14-30)26-12-5-4-9-24(26)21-29-28(35)23-7-2-1-3-8-23/h1-3,7-8,24-26H,4-6,9-22H2,(H,29,35). The minimum Gasteiger partial charge on any atom is -0.352 e. The average molecular weight is 482 g/mol. The molecule has 2 aliphatic heterocycles. The van der Waals surface area contributed by atoms with Gasteiger partial charge in [-0.05, 0) is 43.7 Å². The van der Waals surface area contributed by atoms with Crippen molar-refractivity contribution in [1.82, 2.24) is 24.9 Å². The summed E-state index contributed by atoms with van der Waals surface area (Å²) in [6, 6.07) is 10.9. The lowest BCUT2D eigenvalue weighted by Gasteiger charge is -2.45. The summed E-state index contributed by atoms with van der Waals surface area (Å²) in [6.07, 6.45) is 9.00. The number of benzene rings is 1. The van der Waals surface area contributed by atoms with Gasteiger partial charge in [0.15, 0.2) is 0 Å². The van der Waals surface area contributed by atoms with Gasteiger partial charge in [0.1, 0.15) is 0 Å². The van der Waals surface area contributed by atoms with E-state index in [-0.39, 0.29) is 5.91 Å². The molecular formula is C28H43N5O2. The van der Waals surface area contributed by atoms with E-state index in [9.17, 15) is 9.59 Å². The lowest BCUT2D eigenvalue weighted by molar-refractivity contribution is -0.135. The van der Waals surface area contributed by atoms with Crippen LogP contribution < -0.4 is 5.32 Å². The molecule has 2 saturated carbocycles. The monoisotopic (exact) mass is 481 g/mol. The van der Waals surface area contributed by atoms with E-state index in [1.54, 1.807) is 0 Å². The molecule has 2 heterocycles. The lowest BCUT2D eigenvalue weighted by atomic mass is 9.83. The van der Waals surface area contributed by atoms with Crippen LogP contribution in [-0.2, 0) is 4.79 Å². The van der Waals surface area contributed by atoms with E-state index in [1.165, 1.54) is 44.9 Å². The van der Waals surface area contributed by atoms with Crippen molar-refractivity contribution in [1.29, 1.82) is 0 Å². The molecule has 2 atom stereocenters. The Labute approximate surface area is 210 Å². The molecule has 1 aromatic rings. The fraction of sp³-hybridized carbons (Fsp3) is 0.714. The third-order valence-electron chi connectivity index (χ3n) is 8.92. The summed E-state index contributed by atoms with van der Waals surface area (Å²) in [5.74, 6) is 0.856. The van der Waals surface area contributed by atoms with Crippen molar-refractivity contribution in [3.63, 3.8) is 0 Å². The van der Waals surface area contributed by atoms with Crippen LogP contribution in [0.2, 0.25) is 0 Å². The zero-order valence-electron chi connectivity index (χ0n) is 21.2. The number of nitrogens with zero attached hydrogens (tertiary/aromatic N) is 4. The normalized spacial score (nSPS) is 27.4. The van der Waals surface area contributed by atoms with Gasteiger partial charge in [-0.25, -0.2) is 0 Å². The van der Waals surface area contributed by atoms with E-state index < -0.39 is 0 Å². The first-order valence-corrected chi connectivity index (χ1v) is 14.0. The van der Waals surface area contributed by atoms with Crippen LogP contribution in [-0.4, -0.2) is 109 Å². The van der Waals surface area contributed by atoms with Gasteiger partial charge in [0.2, 0.25) is 5.91 Å². The van der Waals surface area contributed by atoms with Crippen LogP contribution in [0.4, 0.5) is 0 Å². The molecule has 2 aliphatic carbocycles. The molecule has 0 spiro atoms. The Kier molecular flexibility index (Phi) is 8.37. The van der Waals surface area contributed by atoms with Crippen molar-refractivity contribution in [2.24, 2.45) is 5.92 Å². The zero-order chi connectivity index (χ0) is 24.0. The maximum absolute atomic E-state index is 12.9. The molecule has 2 amide bonds. The fourth-order valence-electron chi connectivity index (χ4n) is 6.45. The highest BCUT2D eigenvalue weighted by Gasteiger charge is 2.34. The van der Waals surface area contributed by atoms with Crippen LogP contribution in [0, 0.1) is 5.92 Å². The second-order valence-corrected chi connectivity index (χ2v) is 11.0. The second kappa shape index (κ2) is 11.8. The molecule has 0 bridgehead atoms. The topological polar surface area (TPSA) is 59.1 Å². The molecule has 7 heteroatoms. The van der Waals surface area contributed by atoms with Crippen LogP contribution in [0.15, 0.2) is 30.3 Å². The van der Waals surface area contributed by atoms with Crippen molar-refractivity contribution in [2.75, 3.05) is 65.4 Å². The molecule has 192 valence electrons. The molecule has 0 aromatic heterocycles. The van der Waals surface area contributed by atoms with E-state index in [2.05, 4.69) is 24.9 Å². The van der Waals surface area contributed by atoms with Crippen LogP contribution in [0.5, 0.6) is 0 Å². The number of amides is 2. The smallest absolute Gasteiger partial charge is 0.251 e. The van der Waals surface area contributed by atoms with Gasteiger partial charge in [-0.15, -0.1) is 0 Å². The van der Waals surface area contributed by atoms with E-state index in [1.807, 2.05) is 30.3 Å². The van der Waals surface area contributed by atoms with Crippen LogP contribution in [0.25, 0.3) is 0 Å². The third kappa shape index (κ3) is 6.25. The van der Waals surface area contributed by atoms with E-state index >= 15 is 0 Å². The van der Waals surface area contributed by atoms with Gasteiger partial charge in [0.25, 0.3) is 5.91 Å². The second-order valence-electron chi connectivity index (χ2n) is 11.0. The van der Waals surface area contributed by atoms with Gasteiger partial charge in [-0.1, -0.05) is 37.5 Å². The molecule has 1 N–H and O–H groups in total. The summed E-state index contributed by atoms with van der Waals surface area (Å²) in [7, 11) is 0. The summed E-state index contributed by atoms with van der Waals surface area (Å²) < 4.78 is 0. The number of hydrogen-bond acceptors (Lipinski definition) is 5. The van der Waals surface area contributed by atoms with Crippen molar-refractivity contribution in [2.45, 2.75) is 57.0 Å². The molecule has 4 aliphatic rings. The number of hydrogen-bond donors (Lipinski definition) is 1. The van der Waals surface area contributed by atoms with Gasteiger partial charge in [-0.2, -0.15) is 0 Å². The van der Waals surface area contributed by atoms with E-state index in [0.29, 0.717) is 24.4 Å². The molecule has 0 radical (unpaired) electrons. The van der Waals surface area contributed by atoms with Gasteiger partial charge >= 0.3 is 0 Å². The van der Waals surface area contributed by atoms with E-state index in [4.69, 9.17) is 0 Å². The van der Waals surface area contributed by atoms with Gasteiger partial charge < -0.3 is 10.2 Å². The highest BCUT2D eigenvalue weighted by molar-refractivity contribution is 5.94. The maximum atomic E-state index is 12.9. The number of carbonyl (C=O) groups is 2. The molecule has 1 aromatic carbocycles. The zero-order valence-corrected chi connectivity index (χ0v) is 21.2. The third-order valence-corrected chi connectivity index (χ3v) is 8.92. The molecule has 4 fully saturated rings. The predicted molar refractivity (Wildman–Crippen MR) is 138 cm³/mol. The van der Waals surface area contributed by atoms with Gasteiger partial charge in [0, 0.05) is 76.5 Å². The molecule has 7 nitrogen and oxygen atoms in total. The number of carbonyl (C=O) groups excluding carboxylic acids is 2. The van der Waals surface area contributed by atoms with Crippen molar-refractivity contribution in [3.05, 3.63) is 35.9 Å². The van der Waals surface area contributed by atoms with Crippen molar-refractivity contribution < 1.29 is 9.59 Å². The highest BCUT2D eigenvalue weighted by atomic mass is 16.2. The molecular weight excluding hydrogens is 438 g/mol. The summed E-state index contributed by atoms with van der Waals surface area (Å²) in [6.45, 7) is 9.19. The largest absolute Gasteiger partial charge is 0.352 e. The van der Waals surface area contributed by atoms with Crippen molar-refractivity contribution >= 4 is 11.8 Å². The Hall–Kier alpha value is -1.96.